The van der Waals surface area contributed by atoms with Crippen LogP contribution in [0.15, 0.2) is 54.4 Å². The minimum atomic E-state index is -0.110. The van der Waals surface area contributed by atoms with Crippen LogP contribution in [0.1, 0.15) is 95.0 Å². The van der Waals surface area contributed by atoms with Gasteiger partial charge in [-0.3, -0.25) is 9.20 Å². The Hall–Kier alpha value is -3.19. The van der Waals surface area contributed by atoms with Crippen LogP contribution in [0.2, 0.25) is 0 Å². The minimum Gasteiger partial charge on any atom is -0.382 e. The van der Waals surface area contributed by atoms with Gasteiger partial charge in [0.1, 0.15) is 22.9 Å². The summed E-state index contributed by atoms with van der Waals surface area (Å²) in [4.78, 5) is 23.2. The van der Waals surface area contributed by atoms with E-state index in [2.05, 4.69) is 26.1 Å². The Balaban J connectivity index is 1.14. The zero-order valence-electron chi connectivity index (χ0n) is 23.4. The lowest BCUT2D eigenvalue weighted by molar-refractivity contribution is -0.118. The second-order valence-corrected chi connectivity index (χ2v) is 12.7. The molecule has 7 heteroatoms. The van der Waals surface area contributed by atoms with Crippen LogP contribution < -0.4 is 16.4 Å². The molecule has 2 unspecified atom stereocenters. The molecule has 7 nitrogen and oxygen atoms in total. The molecule has 1 amide bonds. The molecule has 3 aliphatic carbocycles. The van der Waals surface area contributed by atoms with Crippen LogP contribution >= 0.6 is 0 Å². The van der Waals surface area contributed by atoms with Gasteiger partial charge in [0.25, 0.3) is 5.91 Å². The van der Waals surface area contributed by atoms with Gasteiger partial charge in [0.2, 0.25) is 0 Å². The van der Waals surface area contributed by atoms with Crippen molar-refractivity contribution in [3.05, 3.63) is 65.9 Å². The predicted molar refractivity (Wildman–Crippen MR) is 159 cm³/mol. The Labute approximate surface area is 237 Å². The first kappa shape index (κ1) is 25.8. The van der Waals surface area contributed by atoms with Crippen LogP contribution in [-0.2, 0) is 10.3 Å². The first-order valence-corrected chi connectivity index (χ1v) is 15.6. The first-order valence-electron chi connectivity index (χ1n) is 15.6. The second-order valence-electron chi connectivity index (χ2n) is 12.7. The number of allylic oxidation sites excluding steroid dienone is 6. The van der Waals surface area contributed by atoms with Gasteiger partial charge in [0.15, 0.2) is 0 Å². The number of nitrogens with one attached hydrogen (secondary N) is 2. The van der Waals surface area contributed by atoms with Gasteiger partial charge in [-0.25, -0.2) is 9.97 Å². The highest BCUT2D eigenvalue weighted by Gasteiger charge is 2.48. The summed E-state index contributed by atoms with van der Waals surface area (Å²) in [5.74, 6) is 2.96. The molecule has 3 atom stereocenters. The molecule has 5 aliphatic rings. The summed E-state index contributed by atoms with van der Waals surface area (Å²) in [6, 6.07) is 0.861. The molecule has 210 valence electrons. The van der Waals surface area contributed by atoms with Crippen molar-refractivity contribution in [2.75, 3.05) is 5.73 Å². The third kappa shape index (κ3) is 4.83. The summed E-state index contributed by atoms with van der Waals surface area (Å²) < 4.78 is 2.13. The smallest absolute Gasteiger partial charge is 0.251 e. The number of nitrogens with zero attached hydrogens (tertiary/aromatic N) is 3. The van der Waals surface area contributed by atoms with Gasteiger partial charge in [-0.1, -0.05) is 69.2 Å². The fraction of sp³-hybridized carbons (Fsp3) is 0.545. The Bertz CT molecular complexity index is 1410. The molecule has 4 heterocycles. The number of hydrogen-bond donors (Lipinski definition) is 3. The van der Waals surface area contributed by atoms with Crippen molar-refractivity contribution >= 4 is 22.8 Å². The number of rotatable bonds is 4. The summed E-state index contributed by atoms with van der Waals surface area (Å²) in [5, 5.41) is 7.28. The van der Waals surface area contributed by atoms with E-state index >= 15 is 0 Å². The monoisotopic (exact) mass is 538 g/mol. The number of nitrogens with two attached hydrogens (primary N) is 1. The molecule has 2 saturated carbocycles. The molecular weight excluding hydrogens is 496 g/mol. The van der Waals surface area contributed by atoms with E-state index in [4.69, 9.17) is 10.7 Å². The lowest BCUT2D eigenvalue weighted by Gasteiger charge is -2.24. The van der Waals surface area contributed by atoms with Gasteiger partial charge in [-0.2, -0.15) is 0 Å². The minimum absolute atomic E-state index is 0.0234. The van der Waals surface area contributed by atoms with Crippen molar-refractivity contribution in [1.82, 2.24) is 25.0 Å². The van der Waals surface area contributed by atoms with Crippen molar-refractivity contribution in [3.63, 3.8) is 0 Å². The third-order valence-electron chi connectivity index (χ3n) is 10.1. The van der Waals surface area contributed by atoms with Gasteiger partial charge in [0, 0.05) is 35.6 Å². The Morgan fingerprint density at radius 3 is 2.58 bits per heavy atom. The second kappa shape index (κ2) is 10.7. The maximum Gasteiger partial charge on any atom is 0.251 e. The average Bonchev–Trinajstić information content (AvgIpc) is 3.23. The average molecular weight is 539 g/mol. The molecule has 40 heavy (non-hydrogen) atoms. The van der Waals surface area contributed by atoms with Gasteiger partial charge in [-0.15, -0.1) is 0 Å². The maximum atomic E-state index is 13.5. The highest BCUT2D eigenvalue weighted by atomic mass is 16.1. The summed E-state index contributed by atoms with van der Waals surface area (Å²) in [7, 11) is 0. The van der Waals surface area contributed by atoms with E-state index in [1.165, 1.54) is 64.2 Å². The number of anilines is 1. The van der Waals surface area contributed by atoms with Crippen LogP contribution in [0.4, 0.5) is 5.82 Å². The van der Waals surface area contributed by atoms with E-state index in [-0.39, 0.29) is 17.5 Å². The predicted octanol–water partition coefficient (Wildman–Crippen LogP) is 5.74. The van der Waals surface area contributed by atoms with Crippen LogP contribution in [0.25, 0.3) is 11.1 Å². The van der Waals surface area contributed by atoms with E-state index in [0.717, 1.165) is 47.8 Å². The molecule has 4 fully saturated rings. The van der Waals surface area contributed by atoms with Crippen LogP contribution in [0, 0.1) is 11.8 Å². The van der Waals surface area contributed by atoms with E-state index in [9.17, 15) is 4.79 Å². The fourth-order valence-corrected chi connectivity index (χ4v) is 7.82. The van der Waals surface area contributed by atoms with Crippen molar-refractivity contribution in [1.29, 1.82) is 0 Å². The van der Waals surface area contributed by atoms with Crippen LogP contribution in [0.3, 0.4) is 0 Å². The molecular formula is C33H42N6O. The Morgan fingerprint density at radius 1 is 1.00 bits per heavy atom. The van der Waals surface area contributed by atoms with Gasteiger partial charge < -0.3 is 16.4 Å². The quantitative estimate of drug-likeness (QED) is 0.461. The summed E-state index contributed by atoms with van der Waals surface area (Å²) >= 11 is 0. The topological polar surface area (TPSA) is 97.3 Å². The number of hydrogen-bond acceptors (Lipinski definition) is 5. The summed E-state index contributed by atoms with van der Waals surface area (Å²) in [6.07, 6.45) is 31.7. The number of carbonyl (C=O) groups excluding carboxylic acids is 1. The number of aromatic nitrogens is 3. The number of nitrogen functional groups attached to an aromatic ring is 1. The molecule has 7 rings (SSSR count). The Morgan fingerprint density at radius 2 is 1.77 bits per heavy atom. The molecule has 2 aliphatic heterocycles. The SMILES string of the molecule is Nc1nccn2c(C34CCC(CC3)N4)nc(C3=C/C=C\C=C(\C(=O)N[C@H]4CCCCCCCCC5CC54)C=C3)c12. The van der Waals surface area contributed by atoms with Crippen molar-refractivity contribution in [2.45, 2.75) is 101 Å². The largest absolute Gasteiger partial charge is 0.382 e. The number of fused-ring (bicyclic) bond motifs is 4. The van der Waals surface area contributed by atoms with Crippen molar-refractivity contribution in [2.24, 2.45) is 11.8 Å². The molecule has 4 N–H and O–H groups in total. The number of carbonyl (C=O) groups is 1. The van der Waals surface area contributed by atoms with Crippen LogP contribution in [-0.4, -0.2) is 32.4 Å². The molecule has 2 saturated heterocycles. The molecule has 0 aromatic carbocycles. The zero-order valence-corrected chi connectivity index (χ0v) is 23.4. The lowest BCUT2D eigenvalue weighted by Crippen LogP contribution is -2.37. The standard InChI is InChI=1S/C33H42N6O/c34-30-29-28(37-32(39(29)20-19-35-30)33-17-15-25(38-33)16-18-33)22-9-7-8-10-23(14-13-22)31(40)36-27-12-6-4-2-1-3-5-11-24-21-26(24)27/h7-10,13-14,19-20,24-27,38H,1-6,11-12,15-18,21H2,(H2,34,35)(H,36,40)/b8-7-,9-7?,10-8?,14-13?,22-9?,22-13?,23-10+,23-14?/t24?,25?,26?,27-,33?/m0/s1. The highest BCUT2D eigenvalue weighted by molar-refractivity contribution is 5.98. The Kier molecular flexibility index (Phi) is 6.86. The van der Waals surface area contributed by atoms with Crippen LogP contribution in [0.5, 0.6) is 0 Å². The van der Waals surface area contributed by atoms with E-state index in [1.54, 1.807) is 6.20 Å². The molecule has 2 aromatic heterocycles. The fourth-order valence-electron chi connectivity index (χ4n) is 7.82. The highest BCUT2D eigenvalue weighted by Crippen LogP contribution is 2.47. The maximum absolute atomic E-state index is 13.5. The van der Waals surface area contributed by atoms with Crippen molar-refractivity contribution in [3.8, 4) is 0 Å². The summed E-state index contributed by atoms with van der Waals surface area (Å²) in [6.45, 7) is 0. The molecule has 2 aromatic rings. The lowest BCUT2D eigenvalue weighted by atomic mass is 9.87. The third-order valence-corrected chi connectivity index (χ3v) is 10.1. The molecule has 0 spiro atoms. The molecule has 0 radical (unpaired) electrons. The first-order chi connectivity index (χ1) is 19.6. The molecule has 2 bridgehead atoms. The summed E-state index contributed by atoms with van der Waals surface area (Å²) in [5.41, 5.74) is 9.61. The van der Waals surface area contributed by atoms with E-state index in [1.807, 2.05) is 36.6 Å². The van der Waals surface area contributed by atoms with E-state index in [0.29, 0.717) is 23.4 Å². The van der Waals surface area contributed by atoms with Gasteiger partial charge in [0.05, 0.1) is 5.54 Å². The normalized spacial score (nSPS) is 34.1. The van der Waals surface area contributed by atoms with Gasteiger partial charge >= 0.3 is 0 Å². The van der Waals surface area contributed by atoms with E-state index < -0.39 is 0 Å². The number of amides is 1. The van der Waals surface area contributed by atoms with Gasteiger partial charge in [-0.05, 0) is 62.5 Å². The zero-order chi connectivity index (χ0) is 27.1. The number of imidazole rings is 1. The van der Waals surface area contributed by atoms with Crippen molar-refractivity contribution < 1.29 is 4.79 Å².